The minimum Gasteiger partial charge on any atom is -0.368 e. The van der Waals surface area contributed by atoms with Gasteiger partial charge in [0.2, 0.25) is 5.88 Å². The molecular weight excluding hydrogens is 182 g/mol. The summed E-state index contributed by atoms with van der Waals surface area (Å²) in [5.41, 5.74) is 5.55. The van der Waals surface area contributed by atoms with Crippen molar-refractivity contribution in [3.63, 3.8) is 0 Å². The van der Waals surface area contributed by atoms with E-state index >= 15 is 0 Å². The summed E-state index contributed by atoms with van der Waals surface area (Å²) in [4.78, 5) is 11.4. The number of rotatable bonds is 3. The SMILES string of the molecule is Nc1cc(C(=O)NCC2CCC2)no1. The third-order valence-electron chi connectivity index (χ3n) is 2.54. The topological polar surface area (TPSA) is 81.2 Å². The van der Waals surface area contributed by atoms with Gasteiger partial charge in [0.25, 0.3) is 5.91 Å². The van der Waals surface area contributed by atoms with E-state index in [0.29, 0.717) is 5.92 Å². The molecule has 76 valence electrons. The fourth-order valence-corrected chi connectivity index (χ4v) is 1.42. The van der Waals surface area contributed by atoms with E-state index in [4.69, 9.17) is 5.73 Å². The van der Waals surface area contributed by atoms with Gasteiger partial charge in [0.1, 0.15) is 0 Å². The van der Waals surface area contributed by atoms with Crippen molar-refractivity contribution in [1.29, 1.82) is 0 Å². The van der Waals surface area contributed by atoms with Gasteiger partial charge >= 0.3 is 0 Å². The summed E-state index contributed by atoms with van der Waals surface area (Å²) < 4.78 is 4.60. The summed E-state index contributed by atoms with van der Waals surface area (Å²) in [5.74, 6) is 0.597. The standard InChI is InChI=1S/C9H13N3O2/c10-8-4-7(12-14-8)9(13)11-5-6-2-1-3-6/h4,6H,1-3,5,10H2,(H,11,13). The number of aromatic nitrogens is 1. The van der Waals surface area contributed by atoms with Gasteiger partial charge in [-0.3, -0.25) is 4.79 Å². The predicted octanol–water partition coefficient (Wildman–Crippen LogP) is 0.787. The van der Waals surface area contributed by atoms with Crippen molar-refractivity contribution in [2.75, 3.05) is 12.3 Å². The molecule has 1 amide bonds. The van der Waals surface area contributed by atoms with Gasteiger partial charge in [0.15, 0.2) is 5.69 Å². The van der Waals surface area contributed by atoms with Crippen molar-refractivity contribution in [2.45, 2.75) is 19.3 Å². The number of nitrogens with zero attached hydrogens (tertiary/aromatic N) is 1. The number of carbonyl (C=O) groups is 1. The van der Waals surface area contributed by atoms with Crippen LogP contribution in [0.25, 0.3) is 0 Å². The van der Waals surface area contributed by atoms with Gasteiger partial charge in [-0.25, -0.2) is 0 Å². The first-order valence-corrected chi connectivity index (χ1v) is 4.76. The average molecular weight is 195 g/mol. The van der Waals surface area contributed by atoms with Crippen LogP contribution in [0.1, 0.15) is 29.8 Å². The summed E-state index contributed by atoms with van der Waals surface area (Å²) in [7, 11) is 0. The number of hydrogen-bond donors (Lipinski definition) is 2. The van der Waals surface area contributed by atoms with Crippen LogP contribution >= 0.6 is 0 Å². The molecule has 5 nitrogen and oxygen atoms in total. The number of nitrogens with one attached hydrogen (secondary N) is 1. The third-order valence-corrected chi connectivity index (χ3v) is 2.54. The van der Waals surface area contributed by atoms with Crippen molar-refractivity contribution in [3.8, 4) is 0 Å². The van der Waals surface area contributed by atoms with Crippen molar-refractivity contribution in [3.05, 3.63) is 11.8 Å². The number of anilines is 1. The van der Waals surface area contributed by atoms with E-state index in [9.17, 15) is 4.79 Å². The Kier molecular flexibility index (Phi) is 2.39. The highest BCUT2D eigenvalue weighted by atomic mass is 16.5. The zero-order chi connectivity index (χ0) is 9.97. The molecular formula is C9H13N3O2. The molecule has 1 fully saturated rings. The molecule has 0 spiro atoms. The molecule has 0 atom stereocenters. The second kappa shape index (κ2) is 3.69. The van der Waals surface area contributed by atoms with Crippen LogP contribution in [0.15, 0.2) is 10.6 Å². The highest BCUT2D eigenvalue weighted by Gasteiger charge is 2.19. The summed E-state index contributed by atoms with van der Waals surface area (Å²) in [6.07, 6.45) is 3.69. The van der Waals surface area contributed by atoms with Gasteiger partial charge in [0.05, 0.1) is 0 Å². The largest absolute Gasteiger partial charge is 0.368 e. The van der Waals surface area contributed by atoms with Gasteiger partial charge in [0, 0.05) is 12.6 Å². The van der Waals surface area contributed by atoms with Gasteiger partial charge < -0.3 is 15.6 Å². The average Bonchev–Trinajstić information content (AvgIpc) is 2.49. The fraction of sp³-hybridized carbons (Fsp3) is 0.556. The molecule has 3 N–H and O–H groups in total. The molecule has 1 aliphatic rings. The first-order chi connectivity index (χ1) is 6.75. The van der Waals surface area contributed by atoms with Crippen LogP contribution in [0.2, 0.25) is 0 Å². The van der Waals surface area contributed by atoms with Gasteiger partial charge in [-0.2, -0.15) is 0 Å². The van der Waals surface area contributed by atoms with Gasteiger partial charge in [-0.05, 0) is 18.8 Å². The van der Waals surface area contributed by atoms with Crippen LogP contribution < -0.4 is 11.1 Å². The Balaban J connectivity index is 1.82. The fourth-order valence-electron chi connectivity index (χ4n) is 1.42. The molecule has 1 aromatic heterocycles. The number of nitrogen functional groups attached to an aromatic ring is 1. The maximum absolute atomic E-state index is 11.4. The van der Waals surface area contributed by atoms with Crippen LogP contribution in [0.3, 0.4) is 0 Å². The van der Waals surface area contributed by atoms with E-state index in [1.165, 1.54) is 25.3 Å². The number of hydrogen-bond acceptors (Lipinski definition) is 4. The van der Waals surface area contributed by atoms with E-state index in [0.717, 1.165) is 6.54 Å². The lowest BCUT2D eigenvalue weighted by Gasteiger charge is -2.24. The van der Waals surface area contributed by atoms with E-state index in [-0.39, 0.29) is 17.5 Å². The molecule has 0 aliphatic heterocycles. The molecule has 0 unspecified atom stereocenters. The Morgan fingerprint density at radius 3 is 3.00 bits per heavy atom. The summed E-state index contributed by atoms with van der Waals surface area (Å²) in [6.45, 7) is 0.728. The lowest BCUT2D eigenvalue weighted by Crippen LogP contribution is -2.32. The van der Waals surface area contributed by atoms with Crippen molar-refractivity contribution in [2.24, 2.45) is 5.92 Å². The minimum atomic E-state index is -0.211. The van der Waals surface area contributed by atoms with Crippen LogP contribution in [-0.2, 0) is 0 Å². The first kappa shape index (κ1) is 9.05. The highest BCUT2D eigenvalue weighted by Crippen LogP contribution is 2.25. The number of carbonyl (C=O) groups excluding carboxylic acids is 1. The molecule has 1 heterocycles. The number of amides is 1. The maximum Gasteiger partial charge on any atom is 0.273 e. The monoisotopic (exact) mass is 195 g/mol. The van der Waals surface area contributed by atoms with Crippen LogP contribution in [0.4, 0.5) is 5.88 Å². The third kappa shape index (κ3) is 1.86. The molecule has 1 saturated carbocycles. The quantitative estimate of drug-likeness (QED) is 0.747. The second-order valence-electron chi connectivity index (χ2n) is 3.62. The van der Waals surface area contributed by atoms with Gasteiger partial charge in [-0.1, -0.05) is 11.6 Å². The highest BCUT2D eigenvalue weighted by molar-refractivity contribution is 5.92. The minimum absolute atomic E-state index is 0.166. The van der Waals surface area contributed by atoms with E-state index in [1.54, 1.807) is 0 Å². The Morgan fingerprint density at radius 1 is 1.71 bits per heavy atom. The summed E-state index contributed by atoms with van der Waals surface area (Å²) in [5, 5.41) is 6.32. The van der Waals surface area contributed by atoms with E-state index in [2.05, 4.69) is 15.0 Å². The Labute approximate surface area is 81.6 Å². The molecule has 2 rings (SSSR count). The zero-order valence-electron chi connectivity index (χ0n) is 7.82. The molecule has 14 heavy (non-hydrogen) atoms. The molecule has 0 saturated heterocycles. The summed E-state index contributed by atoms with van der Waals surface area (Å²) in [6, 6.07) is 1.43. The van der Waals surface area contributed by atoms with Gasteiger partial charge in [-0.15, -0.1) is 0 Å². The van der Waals surface area contributed by atoms with Crippen LogP contribution in [0, 0.1) is 5.92 Å². The Bertz CT molecular complexity index is 331. The lowest BCUT2D eigenvalue weighted by atomic mass is 9.85. The molecule has 1 aromatic rings. The normalized spacial score (nSPS) is 16.3. The molecule has 0 radical (unpaired) electrons. The van der Waals surface area contributed by atoms with E-state index in [1.807, 2.05) is 0 Å². The molecule has 0 bridgehead atoms. The Hall–Kier alpha value is -1.52. The van der Waals surface area contributed by atoms with Crippen molar-refractivity contribution >= 4 is 11.8 Å². The lowest BCUT2D eigenvalue weighted by molar-refractivity contribution is 0.0930. The van der Waals surface area contributed by atoms with Crippen molar-refractivity contribution < 1.29 is 9.32 Å². The van der Waals surface area contributed by atoms with Crippen LogP contribution in [-0.4, -0.2) is 17.6 Å². The Morgan fingerprint density at radius 2 is 2.50 bits per heavy atom. The number of nitrogens with two attached hydrogens (primary N) is 1. The van der Waals surface area contributed by atoms with Crippen LogP contribution in [0.5, 0.6) is 0 Å². The molecule has 0 aromatic carbocycles. The molecule has 5 heteroatoms. The summed E-state index contributed by atoms with van der Waals surface area (Å²) >= 11 is 0. The predicted molar refractivity (Wildman–Crippen MR) is 50.6 cm³/mol. The second-order valence-corrected chi connectivity index (χ2v) is 3.62. The smallest absolute Gasteiger partial charge is 0.273 e. The molecule has 1 aliphatic carbocycles. The maximum atomic E-state index is 11.4. The van der Waals surface area contributed by atoms with E-state index < -0.39 is 0 Å². The zero-order valence-corrected chi connectivity index (χ0v) is 7.82. The first-order valence-electron chi connectivity index (χ1n) is 4.76. The van der Waals surface area contributed by atoms with Crippen molar-refractivity contribution in [1.82, 2.24) is 10.5 Å².